The van der Waals surface area contributed by atoms with Gasteiger partial charge in [-0.3, -0.25) is 4.79 Å². The quantitative estimate of drug-likeness (QED) is 0.252. The first kappa shape index (κ1) is 20.9. The van der Waals surface area contributed by atoms with E-state index in [-0.39, 0.29) is 11.4 Å². The lowest BCUT2D eigenvalue weighted by molar-refractivity contribution is -0.142. The molecule has 0 aliphatic rings. The van der Waals surface area contributed by atoms with E-state index in [1.165, 1.54) is 31.2 Å². The molecule has 0 spiro atoms. The van der Waals surface area contributed by atoms with Gasteiger partial charge < -0.3 is 0 Å². The minimum atomic E-state index is -4.60. The van der Waals surface area contributed by atoms with Gasteiger partial charge in [-0.05, 0) is 48.9 Å². The molecule has 0 saturated carbocycles. The zero-order valence-electron chi connectivity index (χ0n) is 15.3. The van der Waals surface area contributed by atoms with E-state index in [1.54, 1.807) is 6.07 Å². The van der Waals surface area contributed by atoms with Crippen LogP contribution in [-0.2, 0) is 6.18 Å². The Balaban J connectivity index is 1.95. The number of hydrogen-bond acceptors (Lipinski definition) is 3. The van der Waals surface area contributed by atoms with Crippen LogP contribution in [0.5, 0.6) is 0 Å². The third-order valence-electron chi connectivity index (χ3n) is 4.13. The minimum absolute atomic E-state index is 0.119. The van der Waals surface area contributed by atoms with Gasteiger partial charge in [-0.1, -0.05) is 18.2 Å². The molecule has 0 aliphatic carbocycles. The Morgan fingerprint density at radius 1 is 1.13 bits per heavy atom. The number of ketones is 1. The molecule has 9 heteroatoms. The van der Waals surface area contributed by atoms with Crippen LogP contribution in [0.25, 0.3) is 11.8 Å². The molecular weight excluding hydrogens is 405 g/mol. The summed E-state index contributed by atoms with van der Waals surface area (Å²) in [6.07, 6.45) is -3.47. The maximum absolute atomic E-state index is 13.8. The van der Waals surface area contributed by atoms with Gasteiger partial charge >= 0.3 is 6.18 Å². The van der Waals surface area contributed by atoms with Crippen molar-refractivity contribution in [3.63, 3.8) is 0 Å². The van der Waals surface area contributed by atoms with Gasteiger partial charge in [0.1, 0.15) is 17.3 Å². The van der Waals surface area contributed by atoms with Gasteiger partial charge in [0.15, 0.2) is 11.6 Å². The number of halogens is 5. The zero-order chi connectivity index (χ0) is 22.1. The van der Waals surface area contributed by atoms with Crippen molar-refractivity contribution in [3.8, 4) is 11.8 Å². The van der Waals surface area contributed by atoms with Gasteiger partial charge in [-0.2, -0.15) is 23.5 Å². The molecule has 0 atom stereocenters. The second-order valence-corrected chi connectivity index (χ2v) is 6.27. The molecule has 30 heavy (non-hydrogen) atoms. The van der Waals surface area contributed by atoms with Gasteiger partial charge in [-0.25, -0.2) is 13.5 Å². The third kappa shape index (κ3) is 4.12. The number of aromatic nitrogens is 2. The molecule has 0 N–H and O–H groups in total. The molecule has 3 aromatic rings. The van der Waals surface area contributed by atoms with Crippen molar-refractivity contribution in [2.45, 2.75) is 13.1 Å². The van der Waals surface area contributed by atoms with Crippen molar-refractivity contribution < 1.29 is 26.7 Å². The maximum Gasteiger partial charge on any atom is 0.433 e. The first-order valence-corrected chi connectivity index (χ1v) is 8.46. The van der Waals surface area contributed by atoms with Crippen LogP contribution < -0.4 is 0 Å². The van der Waals surface area contributed by atoms with Crippen LogP contribution in [0.4, 0.5) is 22.0 Å². The van der Waals surface area contributed by atoms with E-state index in [0.29, 0.717) is 5.56 Å². The van der Waals surface area contributed by atoms with Crippen LogP contribution in [0.3, 0.4) is 0 Å². The Labute approximate surface area is 167 Å². The smallest absolute Gasteiger partial charge is 0.288 e. The highest BCUT2D eigenvalue weighted by Crippen LogP contribution is 2.31. The number of allylic oxidation sites excluding steroid dienone is 1. The van der Waals surface area contributed by atoms with E-state index in [1.807, 2.05) is 0 Å². The van der Waals surface area contributed by atoms with Gasteiger partial charge in [0.05, 0.1) is 16.9 Å². The number of carbonyl (C=O) groups is 1. The molecule has 2 aromatic carbocycles. The topological polar surface area (TPSA) is 58.7 Å². The normalized spacial score (nSPS) is 12.0. The number of alkyl halides is 3. The van der Waals surface area contributed by atoms with E-state index in [9.17, 15) is 32.0 Å². The summed E-state index contributed by atoms with van der Waals surface area (Å²) < 4.78 is 67.4. The highest BCUT2D eigenvalue weighted by Gasteiger charge is 2.35. The molecule has 0 amide bonds. The number of nitriles is 1. The lowest BCUT2D eigenvalue weighted by Gasteiger charge is -2.10. The molecular formula is C21H12F5N3O. The molecule has 0 bridgehead atoms. The largest absolute Gasteiger partial charge is 0.433 e. The van der Waals surface area contributed by atoms with Crippen LogP contribution in [0, 0.1) is 29.9 Å². The predicted molar refractivity (Wildman–Crippen MR) is 97.6 cm³/mol. The van der Waals surface area contributed by atoms with E-state index >= 15 is 0 Å². The number of Topliss-reactive ketones (excluding diaryl/α,β-unsaturated/α-hetero) is 1. The van der Waals surface area contributed by atoms with E-state index in [0.717, 1.165) is 35.0 Å². The van der Waals surface area contributed by atoms with Crippen LogP contribution in [0.15, 0.2) is 54.1 Å². The van der Waals surface area contributed by atoms with E-state index < -0.39 is 40.4 Å². The fourth-order valence-corrected chi connectivity index (χ4v) is 2.75. The number of nitrogens with zero attached hydrogens (tertiary/aromatic N) is 3. The Kier molecular flexibility index (Phi) is 5.52. The van der Waals surface area contributed by atoms with E-state index in [4.69, 9.17) is 0 Å². The van der Waals surface area contributed by atoms with Crippen molar-refractivity contribution in [3.05, 3.63) is 88.3 Å². The summed E-state index contributed by atoms with van der Waals surface area (Å²) in [6.45, 7) is 1.43. The molecule has 0 saturated heterocycles. The number of carbonyl (C=O) groups excluding carboxylic acids is 1. The molecule has 152 valence electrons. The Hall–Kier alpha value is -3.80. The second-order valence-electron chi connectivity index (χ2n) is 6.27. The first-order valence-electron chi connectivity index (χ1n) is 8.46. The Bertz CT molecular complexity index is 1180. The fraction of sp³-hybridized carbons (Fsp3) is 0.0952. The molecule has 3 rings (SSSR count). The monoisotopic (exact) mass is 417 g/mol. The number of rotatable bonds is 4. The summed E-state index contributed by atoms with van der Waals surface area (Å²) in [5.74, 6) is -3.61. The van der Waals surface area contributed by atoms with Crippen LogP contribution >= 0.6 is 0 Å². The first-order chi connectivity index (χ1) is 14.1. The highest BCUT2D eigenvalue weighted by molar-refractivity contribution is 6.14. The summed E-state index contributed by atoms with van der Waals surface area (Å²) in [5, 5.41) is 13.1. The standard InChI is InChI=1S/C21H12F5N3O/c1-12-9-18(21(24,25)26)29(28-12)15-7-5-13(6-8-15)10-14(11-27)20(30)16-3-2-4-17(22)19(16)23/h2-10H,1H3/b14-10+. The van der Waals surface area contributed by atoms with Crippen LogP contribution in [-0.4, -0.2) is 15.6 Å². The van der Waals surface area contributed by atoms with E-state index in [2.05, 4.69) is 5.10 Å². The molecule has 0 fully saturated rings. The van der Waals surface area contributed by atoms with Crippen LogP contribution in [0.2, 0.25) is 0 Å². The van der Waals surface area contributed by atoms with Gasteiger partial charge in [0.2, 0.25) is 5.78 Å². The lowest BCUT2D eigenvalue weighted by atomic mass is 10.0. The second kappa shape index (κ2) is 7.91. The Morgan fingerprint density at radius 2 is 1.80 bits per heavy atom. The highest BCUT2D eigenvalue weighted by atomic mass is 19.4. The van der Waals surface area contributed by atoms with Crippen molar-refractivity contribution >= 4 is 11.9 Å². The SMILES string of the molecule is Cc1cc(C(F)(F)F)n(-c2ccc(/C=C(\C#N)C(=O)c3cccc(F)c3F)cc2)n1. The summed E-state index contributed by atoms with van der Waals surface area (Å²) in [4.78, 5) is 12.4. The Morgan fingerprint density at radius 3 is 2.40 bits per heavy atom. The maximum atomic E-state index is 13.8. The summed E-state index contributed by atoms with van der Waals surface area (Å²) in [7, 11) is 0. The molecule has 4 nitrogen and oxygen atoms in total. The van der Waals surface area contributed by atoms with Crippen LogP contribution in [0.1, 0.15) is 27.3 Å². The summed E-state index contributed by atoms with van der Waals surface area (Å²) in [5.41, 5.74) is -1.40. The van der Waals surface area contributed by atoms with Crippen molar-refractivity contribution in [1.82, 2.24) is 9.78 Å². The number of aryl methyl sites for hydroxylation is 1. The van der Waals surface area contributed by atoms with Crippen molar-refractivity contribution in [2.24, 2.45) is 0 Å². The minimum Gasteiger partial charge on any atom is -0.288 e. The van der Waals surface area contributed by atoms with Crippen molar-refractivity contribution in [1.29, 1.82) is 5.26 Å². The third-order valence-corrected chi connectivity index (χ3v) is 4.13. The molecule has 0 unspecified atom stereocenters. The molecule has 0 radical (unpaired) electrons. The number of hydrogen-bond donors (Lipinski definition) is 0. The van der Waals surface area contributed by atoms with Gasteiger partial charge in [-0.15, -0.1) is 0 Å². The average molecular weight is 417 g/mol. The number of benzene rings is 2. The zero-order valence-corrected chi connectivity index (χ0v) is 15.3. The van der Waals surface area contributed by atoms with Crippen molar-refractivity contribution in [2.75, 3.05) is 0 Å². The fourth-order valence-electron chi connectivity index (χ4n) is 2.75. The molecule has 0 aliphatic heterocycles. The molecule has 1 aromatic heterocycles. The summed E-state index contributed by atoms with van der Waals surface area (Å²) in [6, 6.07) is 11.0. The molecule has 1 heterocycles. The predicted octanol–water partition coefficient (Wildman–Crippen LogP) is 5.27. The average Bonchev–Trinajstić information content (AvgIpc) is 3.10. The van der Waals surface area contributed by atoms with Gasteiger partial charge in [0.25, 0.3) is 0 Å². The van der Waals surface area contributed by atoms with Gasteiger partial charge in [0, 0.05) is 0 Å². The summed E-state index contributed by atoms with van der Waals surface area (Å²) >= 11 is 0. The lowest BCUT2D eigenvalue weighted by Crippen LogP contribution is -2.13.